The Labute approximate surface area is 100 Å². The van der Waals surface area contributed by atoms with Gasteiger partial charge in [-0.3, -0.25) is 0 Å². The summed E-state index contributed by atoms with van der Waals surface area (Å²) < 4.78 is 0. The zero-order valence-corrected chi connectivity index (χ0v) is 11.2. The molecule has 0 spiro atoms. The molecule has 86 valence electrons. The summed E-state index contributed by atoms with van der Waals surface area (Å²) in [5, 5.41) is 10.8. The third-order valence-corrected chi connectivity index (χ3v) is 4.55. The number of thioether (sulfide) groups is 1. The summed E-state index contributed by atoms with van der Waals surface area (Å²) in [4.78, 5) is 5.69. The smallest absolute Gasteiger partial charge is 0.0956 e. The van der Waals surface area contributed by atoms with E-state index in [2.05, 4.69) is 18.8 Å². The molecule has 0 fully saturated rings. The van der Waals surface area contributed by atoms with E-state index in [9.17, 15) is 5.11 Å². The number of aliphatic hydroxyl groups is 1. The molecule has 0 aliphatic rings. The van der Waals surface area contributed by atoms with Gasteiger partial charge in [-0.15, -0.1) is 11.3 Å². The second kappa shape index (κ2) is 6.51. The summed E-state index contributed by atoms with van der Waals surface area (Å²) >= 11 is 3.52. The van der Waals surface area contributed by atoms with Gasteiger partial charge < -0.3 is 5.11 Å². The first-order valence-corrected chi connectivity index (χ1v) is 7.29. The highest BCUT2D eigenvalue weighted by Crippen LogP contribution is 2.18. The van der Waals surface area contributed by atoms with E-state index in [1.807, 2.05) is 18.7 Å². The summed E-state index contributed by atoms with van der Waals surface area (Å²) in [6.07, 6.45) is 1.63. The fraction of sp³-hybridized carbons (Fsp3) is 0.727. The van der Waals surface area contributed by atoms with E-state index in [0.717, 1.165) is 22.2 Å². The highest BCUT2D eigenvalue weighted by Gasteiger charge is 2.10. The van der Waals surface area contributed by atoms with Crippen molar-refractivity contribution in [2.24, 2.45) is 0 Å². The van der Waals surface area contributed by atoms with E-state index in [4.69, 9.17) is 0 Å². The molecule has 1 atom stereocenters. The molecule has 0 amide bonds. The van der Waals surface area contributed by atoms with Crippen molar-refractivity contribution in [1.82, 2.24) is 4.98 Å². The Morgan fingerprint density at radius 2 is 2.20 bits per heavy atom. The molecule has 2 nitrogen and oxygen atoms in total. The van der Waals surface area contributed by atoms with Crippen LogP contribution in [0, 0.1) is 13.8 Å². The van der Waals surface area contributed by atoms with Gasteiger partial charge in [0.1, 0.15) is 0 Å². The molecule has 0 aromatic carbocycles. The molecular formula is C11H19NOS2. The van der Waals surface area contributed by atoms with Gasteiger partial charge in [-0.25, -0.2) is 4.98 Å². The molecule has 1 N–H and O–H groups in total. The molecule has 0 bridgehead atoms. The molecule has 0 aliphatic heterocycles. The van der Waals surface area contributed by atoms with E-state index < -0.39 is 0 Å². The third-order valence-electron chi connectivity index (χ3n) is 2.14. The van der Waals surface area contributed by atoms with Gasteiger partial charge in [-0.05, 0) is 26.0 Å². The molecule has 1 aromatic heterocycles. The summed E-state index contributed by atoms with van der Waals surface area (Å²) in [6.45, 7) is 6.26. The predicted octanol–water partition coefficient (Wildman–Crippen LogP) is 2.81. The maximum Gasteiger partial charge on any atom is 0.0956 e. The highest BCUT2D eigenvalue weighted by atomic mass is 32.2. The summed E-state index contributed by atoms with van der Waals surface area (Å²) in [5.74, 6) is 1.96. The van der Waals surface area contributed by atoms with Gasteiger partial charge in [0.15, 0.2) is 0 Å². The van der Waals surface area contributed by atoms with E-state index in [-0.39, 0.29) is 6.10 Å². The van der Waals surface area contributed by atoms with Crippen LogP contribution in [-0.2, 0) is 6.42 Å². The minimum absolute atomic E-state index is 0.244. The van der Waals surface area contributed by atoms with Gasteiger partial charge in [-0.2, -0.15) is 11.8 Å². The lowest BCUT2D eigenvalue weighted by atomic mass is 10.3. The van der Waals surface area contributed by atoms with Gasteiger partial charge >= 0.3 is 0 Å². The standard InChI is InChI=1S/C11H19NOS2/c1-4-5-14-7-10(13)6-11-12-8(2)9(3)15-11/h10,13H,4-7H2,1-3H3. The molecule has 0 saturated carbocycles. The van der Waals surface area contributed by atoms with Crippen LogP contribution in [0.3, 0.4) is 0 Å². The molecule has 1 heterocycles. The zero-order valence-electron chi connectivity index (χ0n) is 9.62. The van der Waals surface area contributed by atoms with Crippen LogP contribution < -0.4 is 0 Å². The van der Waals surface area contributed by atoms with Crippen LogP contribution in [0.2, 0.25) is 0 Å². The van der Waals surface area contributed by atoms with Crippen LogP contribution in [0.1, 0.15) is 28.9 Å². The summed E-state index contributed by atoms with van der Waals surface area (Å²) in [5.41, 5.74) is 1.10. The second-order valence-corrected chi connectivity index (χ2v) is 6.12. The topological polar surface area (TPSA) is 33.1 Å². The lowest BCUT2D eigenvalue weighted by Gasteiger charge is -2.07. The lowest BCUT2D eigenvalue weighted by molar-refractivity contribution is 0.200. The Kier molecular flexibility index (Phi) is 5.64. The molecule has 4 heteroatoms. The van der Waals surface area contributed by atoms with Crippen LogP contribution in [0.25, 0.3) is 0 Å². The van der Waals surface area contributed by atoms with Gasteiger partial charge in [0.05, 0.1) is 16.8 Å². The lowest BCUT2D eigenvalue weighted by Crippen LogP contribution is -2.13. The minimum atomic E-state index is -0.244. The van der Waals surface area contributed by atoms with Crippen molar-refractivity contribution < 1.29 is 5.11 Å². The van der Waals surface area contributed by atoms with Crippen molar-refractivity contribution in [3.63, 3.8) is 0 Å². The fourth-order valence-electron chi connectivity index (χ4n) is 1.25. The van der Waals surface area contributed by atoms with Crippen LogP contribution in [0.15, 0.2) is 0 Å². The quantitative estimate of drug-likeness (QED) is 0.782. The SMILES string of the molecule is CCCSCC(O)Cc1nc(C)c(C)s1. The maximum atomic E-state index is 9.78. The largest absolute Gasteiger partial charge is 0.392 e. The monoisotopic (exact) mass is 245 g/mol. The zero-order chi connectivity index (χ0) is 11.3. The minimum Gasteiger partial charge on any atom is -0.392 e. The molecule has 0 saturated heterocycles. The third kappa shape index (κ3) is 4.53. The average Bonchev–Trinajstić information content (AvgIpc) is 2.46. The Morgan fingerprint density at radius 1 is 1.47 bits per heavy atom. The fourth-order valence-corrected chi connectivity index (χ4v) is 3.10. The Bertz CT molecular complexity index is 279. The van der Waals surface area contributed by atoms with E-state index >= 15 is 0 Å². The number of thiazole rings is 1. The summed E-state index contributed by atoms with van der Waals surface area (Å²) in [7, 11) is 0. The first-order chi connectivity index (χ1) is 7.13. The predicted molar refractivity (Wildman–Crippen MR) is 68.9 cm³/mol. The number of hydrogen-bond donors (Lipinski definition) is 1. The van der Waals surface area contributed by atoms with Crippen LogP contribution in [-0.4, -0.2) is 27.7 Å². The van der Waals surface area contributed by atoms with E-state index in [0.29, 0.717) is 6.42 Å². The highest BCUT2D eigenvalue weighted by molar-refractivity contribution is 7.99. The molecular weight excluding hydrogens is 226 g/mol. The Hall–Kier alpha value is -0.0600. The Morgan fingerprint density at radius 3 is 2.73 bits per heavy atom. The van der Waals surface area contributed by atoms with Crippen molar-refractivity contribution >= 4 is 23.1 Å². The van der Waals surface area contributed by atoms with Crippen molar-refractivity contribution in [1.29, 1.82) is 0 Å². The van der Waals surface area contributed by atoms with E-state index in [1.165, 1.54) is 11.3 Å². The van der Waals surface area contributed by atoms with Crippen molar-refractivity contribution in [2.75, 3.05) is 11.5 Å². The van der Waals surface area contributed by atoms with Crippen molar-refractivity contribution in [2.45, 2.75) is 39.7 Å². The average molecular weight is 245 g/mol. The first-order valence-electron chi connectivity index (χ1n) is 5.32. The number of aryl methyl sites for hydroxylation is 2. The van der Waals surface area contributed by atoms with Gasteiger partial charge in [0.25, 0.3) is 0 Å². The van der Waals surface area contributed by atoms with Crippen LogP contribution in [0.5, 0.6) is 0 Å². The number of aromatic nitrogens is 1. The van der Waals surface area contributed by atoms with Crippen LogP contribution >= 0.6 is 23.1 Å². The van der Waals surface area contributed by atoms with Gasteiger partial charge in [0, 0.05) is 17.1 Å². The van der Waals surface area contributed by atoms with Crippen molar-refractivity contribution in [3.05, 3.63) is 15.6 Å². The van der Waals surface area contributed by atoms with Gasteiger partial charge in [-0.1, -0.05) is 6.92 Å². The molecule has 0 aliphatic carbocycles. The second-order valence-electron chi connectivity index (χ2n) is 3.68. The summed E-state index contributed by atoms with van der Waals surface area (Å²) in [6, 6.07) is 0. The number of aliphatic hydroxyl groups excluding tert-OH is 1. The molecule has 0 radical (unpaired) electrons. The van der Waals surface area contributed by atoms with Crippen LogP contribution in [0.4, 0.5) is 0 Å². The first kappa shape index (κ1) is 13.0. The normalized spacial score (nSPS) is 13.1. The molecule has 1 rings (SSSR count). The molecule has 1 aromatic rings. The molecule has 15 heavy (non-hydrogen) atoms. The van der Waals surface area contributed by atoms with Crippen molar-refractivity contribution in [3.8, 4) is 0 Å². The van der Waals surface area contributed by atoms with Gasteiger partial charge in [0.2, 0.25) is 0 Å². The maximum absolute atomic E-state index is 9.78. The number of nitrogens with zero attached hydrogens (tertiary/aromatic N) is 1. The molecule has 1 unspecified atom stereocenters. The number of hydrogen-bond acceptors (Lipinski definition) is 4. The Balaban J connectivity index is 2.34. The number of rotatable bonds is 6. The van der Waals surface area contributed by atoms with E-state index in [1.54, 1.807) is 11.3 Å².